The maximum absolute atomic E-state index is 13.8. The van der Waals surface area contributed by atoms with Gasteiger partial charge < -0.3 is 14.8 Å². The van der Waals surface area contributed by atoms with E-state index in [1.165, 1.54) is 12.1 Å². The van der Waals surface area contributed by atoms with Gasteiger partial charge in [-0.15, -0.1) is 0 Å². The van der Waals surface area contributed by atoms with E-state index < -0.39 is 35.5 Å². The molecule has 0 radical (unpaired) electrons. The Hall–Kier alpha value is -3.66. The number of fused-ring (bicyclic) bond motifs is 1. The molecule has 0 aliphatic heterocycles. The fourth-order valence-electron chi connectivity index (χ4n) is 4.17. The van der Waals surface area contributed by atoms with Crippen LogP contribution in [0, 0.1) is 5.41 Å². The topological polar surface area (TPSA) is 89.6 Å². The zero-order valence-corrected chi connectivity index (χ0v) is 23.4. The second kappa shape index (κ2) is 12.5. The molecule has 0 spiro atoms. The minimum absolute atomic E-state index is 0.0378. The standard InChI is InChI=1S/C29H33F2N3O4S/c1-18(2)38-25(35)29(17-28(3,4)5,21-12-14-22-20(15-21)11-13-23(32-22)24(30)31)34-26(39)33-27(36)37-16-19-9-7-6-8-10-19/h6-15,18,24H,16-17H2,1-5H3,(H2,33,34,36,39). The number of hydrogen-bond donors (Lipinski definition) is 2. The average Bonchev–Trinajstić information content (AvgIpc) is 2.85. The number of nitrogens with zero attached hydrogens (tertiary/aromatic N) is 1. The number of carbonyl (C=O) groups excluding carboxylic acids is 2. The number of alkyl carbamates (subject to hydrolysis) is 1. The van der Waals surface area contributed by atoms with Gasteiger partial charge in [0, 0.05) is 5.39 Å². The SMILES string of the molecule is CC(C)OC(=O)C(CC(C)(C)C)(NC(=S)NC(=O)OCc1ccccc1)c1ccc2nc(C(F)F)ccc2c1. The maximum Gasteiger partial charge on any atom is 0.413 e. The molecule has 39 heavy (non-hydrogen) atoms. The van der Waals surface area contributed by atoms with Gasteiger partial charge in [-0.2, -0.15) is 0 Å². The van der Waals surface area contributed by atoms with Crippen LogP contribution in [0.3, 0.4) is 0 Å². The van der Waals surface area contributed by atoms with Gasteiger partial charge in [0.15, 0.2) is 10.7 Å². The summed E-state index contributed by atoms with van der Waals surface area (Å²) in [4.78, 5) is 30.3. The minimum Gasteiger partial charge on any atom is -0.461 e. The summed E-state index contributed by atoms with van der Waals surface area (Å²) in [5.74, 6) is -0.606. The number of benzene rings is 2. The molecule has 0 aliphatic rings. The number of alkyl halides is 2. The summed E-state index contributed by atoms with van der Waals surface area (Å²) in [6, 6.07) is 16.8. The summed E-state index contributed by atoms with van der Waals surface area (Å²) in [6.45, 7) is 9.35. The van der Waals surface area contributed by atoms with Crippen molar-refractivity contribution in [3.05, 3.63) is 77.5 Å². The zero-order valence-electron chi connectivity index (χ0n) is 22.6. The Morgan fingerprint density at radius 3 is 2.33 bits per heavy atom. The molecule has 0 saturated heterocycles. The molecule has 208 valence electrons. The second-order valence-corrected chi connectivity index (χ2v) is 11.1. The van der Waals surface area contributed by atoms with Crippen LogP contribution in [0.5, 0.6) is 0 Å². The molecular formula is C29H33F2N3O4S. The second-order valence-electron chi connectivity index (χ2n) is 10.7. The van der Waals surface area contributed by atoms with Crippen LogP contribution in [-0.4, -0.2) is 28.3 Å². The molecule has 1 amide bonds. The number of aromatic nitrogens is 1. The van der Waals surface area contributed by atoms with Crippen LogP contribution >= 0.6 is 12.2 Å². The van der Waals surface area contributed by atoms with Gasteiger partial charge in [-0.3, -0.25) is 5.32 Å². The van der Waals surface area contributed by atoms with Gasteiger partial charge in [0.25, 0.3) is 6.43 Å². The van der Waals surface area contributed by atoms with E-state index in [2.05, 4.69) is 15.6 Å². The monoisotopic (exact) mass is 557 g/mol. The van der Waals surface area contributed by atoms with E-state index in [0.717, 1.165) is 5.56 Å². The van der Waals surface area contributed by atoms with Gasteiger partial charge in [0.05, 0.1) is 11.6 Å². The number of hydrogen-bond acceptors (Lipinski definition) is 6. The van der Waals surface area contributed by atoms with Crippen molar-refractivity contribution in [1.82, 2.24) is 15.6 Å². The first-order valence-electron chi connectivity index (χ1n) is 12.5. The van der Waals surface area contributed by atoms with E-state index in [1.807, 2.05) is 51.1 Å². The highest BCUT2D eigenvalue weighted by Gasteiger charge is 2.46. The van der Waals surface area contributed by atoms with Crippen LogP contribution in [0.2, 0.25) is 0 Å². The molecule has 7 nitrogen and oxygen atoms in total. The average molecular weight is 558 g/mol. The lowest BCUT2D eigenvalue weighted by Gasteiger charge is -2.39. The zero-order chi connectivity index (χ0) is 28.8. The first kappa shape index (κ1) is 29.9. The Balaban J connectivity index is 1.97. The van der Waals surface area contributed by atoms with Crippen molar-refractivity contribution in [3.63, 3.8) is 0 Å². The fraction of sp³-hybridized carbons (Fsp3) is 0.379. The van der Waals surface area contributed by atoms with Crippen LogP contribution in [0.4, 0.5) is 13.6 Å². The van der Waals surface area contributed by atoms with E-state index in [4.69, 9.17) is 21.7 Å². The highest BCUT2D eigenvalue weighted by molar-refractivity contribution is 7.80. The van der Waals surface area contributed by atoms with Gasteiger partial charge in [0.1, 0.15) is 12.3 Å². The van der Waals surface area contributed by atoms with E-state index >= 15 is 0 Å². The summed E-state index contributed by atoms with van der Waals surface area (Å²) < 4.78 is 37.3. The summed E-state index contributed by atoms with van der Waals surface area (Å²) >= 11 is 5.45. The lowest BCUT2D eigenvalue weighted by molar-refractivity contribution is -0.157. The number of ether oxygens (including phenoxy) is 2. The lowest BCUT2D eigenvalue weighted by atomic mass is 9.75. The molecule has 3 rings (SSSR count). The van der Waals surface area contributed by atoms with E-state index in [1.54, 1.807) is 32.0 Å². The number of esters is 1. The third-order valence-electron chi connectivity index (χ3n) is 5.67. The highest BCUT2D eigenvalue weighted by Crippen LogP contribution is 2.38. The molecule has 0 saturated carbocycles. The molecule has 3 aromatic rings. The number of halogens is 2. The van der Waals surface area contributed by atoms with Crippen LogP contribution in [0.15, 0.2) is 60.7 Å². The first-order valence-corrected chi connectivity index (χ1v) is 12.9. The van der Waals surface area contributed by atoms with Crippen molar-refractivity contribution in [2.45, 2.75) is 65.7 Å². The van der Waals surface area contributed by atoms with Crippen LogP contribution in [0.25, 0.3) is 10.9 Å². The molecule has 1 atom stereocenters. The predicted octanol–water partition coefficient (Wildman–Crippen LogP) is 6.56. The molecule has 2 aromatic carbocycles. The van der Waals surface area contributed by atoms with Crippen molar-refractivity contribution in [3.8, 4) is 0 Å². The van der Waals surface area contributed by atoms with Crippen molar-refractivity contribution < 1.29 is 27.8 Å². The largest absolute Gasteiger partial charge is 0.461 e. The smallest absolute Gasteiger partial charge is 0.413 e. The Morgan fingerprint density at radius 2 is 1.72 bits per heavy atom. The summed E-state index contributed by atoms with van der Waals surface area (Å²) in [7, 11) is 0. The Kier molecular flexibility index (Phi) is 9.55. The van der Waals surface area contributed by atoms with Gasteiger partial charge in [-0.25, -0.2) is 23.4 Å². The molecule has 1 aromatic heterocycles. The Labute approximate surface area is 232 Å². The van der Waals surface area contributed by atoms with E-state index in [9.17, 15) is 18.4 Å². The third kappa shape index (κ3) is 8.16. The number of pyridine rings is 1. The van der Waals surface area contributed by atoms with E-state index in [-0.39, 0.29) is 23.8 Å². The van der Waals surface area contributed by atoms with Crippen LogP contribution < -0.4 is 10.6 Å². The minimum atomic E-state index is -2.71. The number of rotatable bonds is 8. The molecule has 0 aliphatic carbocycles. The Bertz CT molecular complexity index is 1330. The van der Waals surface area contributed by atoms with Crippen LogP contribution in [0.1, 0.15) is 64.3 Å². The molecular weight excluding hydrogens is 524 g/mol. The normalized spacial score (nSPS) is 13.2. The molecule has 2 N–H and O–H groups in total. The molecule has 1 heterocycles. The van der Waals surface area contributed by atoms with Gasteiger partial charge in [-0.05, 0) is 67.2 Å². The fourth-order valence-corrected chi connectivity index (χ4v) is 4.43. The first-order chi connectivity index (χ1) is 18.3. The quantitative estimate of drug-likeness (QED) is 0.240. The van der Waals surface area contributed by atoms with Crippen molar-refractivity contribution in [2.24, 2.45) is 5.41 Å². The van der Waals surface area contributed by atoms with E-state index in [0.29, 0.717) is 16.5 Å². The van der Waals surface area contributed by atoms with Crippen molar-refractivity contribution in [1.29, 1.82) is 0 Å². The number of carbonyl (C=O) groups is 2. The molecule has 0 fully saturated rings. The number of thiocarbonyl (C=S) groups is 1. The Morgan fingerprint density at radius 1 is 1.03 bits per heavy atom. The van der Waals surface area contributed by atoms with Gasteiger partial charge in [0.2, 0.25) is 0 Å². The third-order valence-corrected chi connectivity index (χ3v) is 5.87. The van der Waals surface area contributed by atoms with Crippen molar-refractivity contribution >= 4 is 40.3 Å². The van der Waals surface area contributed by atoms with Gasteiger partial charge >= 0.3 is 12.1 Å². The lowest BCUT2D eigenvalue weighted by Crippen LogP contribution is -2.58. The number of nitrogens with one attached hydrogen (secondary N) is 2. The summed E-state index contributed by atoms with van der Waals surface area (Å²) in [5, 5.41) is 5.93. The summed E-state index contributed by atoms with van der Waals surface area (Å²) in [6.07, 6.45) is -3.71. The van der Waals surface area contributed by atoms with Crippen molar-refractivity contribution in [2.75, 3.05) is 0 Å². The molecule has 1 unspecified atom stereocenters. The highest BCUT2D eigenvalue weighted by atomic mass is 32.1. The summed E-state index contributed by atoms with van der Waals surface area (Å²) in [5.41, 5.74) is -0.657. The van der Waals surface area contributed by atoms with Gasteiger partial charge in [-0.1, -0.05) is 63.2 Å². The molecule has 10 heteroatoms. The number of amides is 1. The predicted molar refractivity (Wildman–Crippen MR) is 149 cm³/mol. The molecule has 0 bridgehead atoms. The maximum atomic E-state index is 13.8. The van der Waals surface area contributed by atoms with Crippen LogP contribution in [-0.2, 0) is 26.4 Å².